The van der Waals surface area contributed by atoms with Crippen LogP contribution < -0.4 is 30.7 Å². The number of halogens is 3. The number of aliphatic carboxylic acids is 1. The summed E-state index contributed by atoms with van der Waals surface area (Å²) < 4.78 is 50.8. The molecule has 456 valence electrons. The van der Waals surface area contributed by atoms with Gasteiger partial charge in [0.2, 0.25) is 6.10 Å². The fraction of sp³-hybridized carbons (Fsp3) is 0.188. The molecule has 0 spiro atoms. The molecule has 2 aromatic heterocycles. The molecule has 3 atom stereocenters. The Bertz CT molecular complexity index is 3880. The molecule has 11 rings (SSSR count). The van der Waals surface area contributed by atoms with E-state index >= 15 is 0 Å². The van der Waals surface area contributed by atoms with Crippen LogP contribution >= 0.6 is 46.2 Å². The highest BCUT2D eigenvalue weighted by Crippen LogP contribution is 2.43. The lowest BCUT2D eigenvalue weighted by Gasteiger charge is -2.49. The van der Waals surface area contributed by atoms with E-state index in [-0.39, 0.29) is 23.7 Å². The lowest BCUT2D eigenvalue weighted by molar-refractivity contribution is -0.192. The number of benzene rings is 6. The number of β-lactam (4-membered cyclic amide) rings is 1. The van der Waals surface area contributed by atoms with Gasteiger partial charge in [-0.3, -0.25) is 19.5 Å². The molecule has 1 saturated heterocycles. The predicted octanol–water partition coefficient (Wildman–Crippen LogP) is 9.20. The van der Waals surface area contributed by atoms with E-state index < -0.39 is 65.1 Å². The third-order valence-electron chi connectivity index (χ3n) is 14.0. The normalized spacial score (nSPS) is 15.7. The van der Waals surface area contributed by atoms with E-state index in [1.807, 2.05) is 176 Å². The first-order valence-electron chi connectivity index (χ1n) is 27.3. The van der Waals surface area contributed by atoms with Gasteiger partial charge in [0.15, 0.2) is 21.3 Å². The van der Waals surface area contributed by atoms with Crippen LogP contribution in [-0.2, 0) is 50.4 Å². The maximum Gasteiger partial charge on any atom is 0.490 e. The van der Waals surface area contributed by atoms with E-state index in [2.05, 4.69) is 21.2 Å². The van der Waals surface area contributed by atoms with E-state index in [4.69, 9.17) is 38.9 Å². The number of rotatable bonds is 21. The Kier molecular flexibility index (Phi) is 19.8. The SMILES string of the molecule is COc1ccc(COC(=O)C2=C(CSc3nc4c(s3)=CNN(C)C=4)CS[C@H]3C(NC(=O)/C(=N\O[C@@H](C)C(=O)OC(c4ccccc4)c4ccccc4)c4csc(NC(c5ccccc5)(c5ccccc5)c5ccccc5)n4)C(=O)N23)cc1.O=C(O)C(F)(F)F. The number of thiazole rings is 2. The van der Waals surface area contributed by atoms with Crippen molar-refractivity contribution in [2.24, 2.45) is 5.16 Å². The van der Waals surface area contributed by atoms with Gasteiger partial charge in [0.05, 0.1) is 11.6 Å². The van der Waals surface area contributed by atoms with Gasteiger partial charge in [0.25, 0.3) is 11.8 Å². The molecule has 4 N–H and O–H groups in total. The van der Waals surface area contributed by atoms with Crippen molar-refractivity contribution in [3.63, 3.8) is 0 Å². The van der Waals surface area contributed by atoms with Crippen molar-refractivity contribution in [3.05, 3.63) is 242 Å². The molecule has 3 aliphatic heterocycles. The molecule has 3 aliphatic rings. The molecule has 8 aromatic rings. The lowest BCUT2D eigenvalue weighted by Crippen LogP contribution is -2.71. The molecule has 25 heteroatoms. The van der Waals surface area contributed by atoms with Crippen molar-refractivity contribution in [1.82, 2.24) is 30.6 Å². The molecule has 0 radical (unpaired) electrons. The van der Waals surface area contributed by atoms with Crippen LogP contribution in [0.3, 0.4) is 0 Å². The van der Waals surface area contributed by atoms with Crippen LogP contribution in [0.25, 0.3) is 12.4 Å². The van der Waals surface area contributed by atoms with Gasteiger partial charge in [0.1, 0.15) is 46.1 Å². The number of carbonyl (C=O) groups excluding carboxylic acids is 4. The summed E-state index contributed by atoms with van der Waals surface area (Å²) >= 11 is 5.62. The van der Waals surface area contributed by atoms with Crippen LogP contribution in [0.2, 0.25) is 0 Å². The highest BCUT2D eigenvalue weighted by atomic mass is 32.2. The first-order valence-corrected chi connectivity index (χ1v) is 31.1. The zero-order chi connectivity index (χ0) is 62.7. The fourth-order valence-corrected chi connectivity index (χ4v) is 13.9. The highest BCUT2D eigenvalue weighted by Gasteiger charge is 2.55. The van der Waals surface area contributed by atoms with Gasteiger partial charge < -0.3 is 40.2 Å². The minimum atomic E-state index is -5.08. The Balaban J connectivity index is 0.00000118. The van der Waals surface area contributed by atoms with E-state index in [0.717, 1.165) is 47.6 Å². The maximum absolute atomic E-state index is 15.0. The lowest BCUT2D eigenvalue weighted by atomic mass is 9.77. The Labute approximate surface area is 524 Å². The molecule has 5 heterocycles. The third kappa shape index (κ3) is 14.6. The van der Waals surface area contributed by atoms with Crippen LogP contribution in [-0.4, -0.2) is 110 Å². The molecular formula is C64H55F3N8O10S4. The molecule has 0 bridgehead atoms. The number of carboxylic acids is 1. The van der Waals surface area contributed by atoms with Crippen molar-refractivity contribution in [2.45, 2.75) is 53.2 Å². The van der Waals surface area contributed by atoms with Crippen LogP contribution in [0, 0.1) is 0 Å². The summed E-state index contributed by atoms with van der Waals surface area (Å²) in [5.41, 5.74) is 7.77. The first kappa shape index (κ1) is 62.6. The number of esters is 2. The number of methoxy groups -OCH3 is 1. The summed E-state index contributed by atoms with van der Waals surface area (Å²) in [4.78, 5) is 84.0. The number of ether oxygens (including phenoxy) is 3. The van der Waals surface area contributed by atoms with Crippen LogP contribution in [0.15, 0.2) is 202 Å². The second-order valence-electron chi connectivity index (χ2n) is 19.9. The zero-order valence-electron chi connectivity index (χ0n) is 47.5. The molecule has 2 amide bonds. The number of anilines is 1. The number of oxime groups is 1. The highest BCUT2D eigenvalue weighted by molar-refractivity contribution is 8.01. The third-order valence-corrected chi connectivity index (χ3v) is 18.3. The van der Waals surface area contributed by atoms with Crippen molar-refractivity contribution in [2.75, 3.05) is 31.0 Å². The number of amides is 2. The van der Waals surface area contributed by atoms with Crippen molar-refractivity contribution in [1.29, 1.82) is 0 Å². The van der Waals surface area contributed by atoms with Gasteiger partial charge in [-0.2, -0.15) is 13.2 Å². The maximum atomic E-state index is 15.0. The summed E-state index contributed by atoms with van der Waals surface area (Å²) in [6, 6.07) is 54.7. The van der Waals surface area contributed by atoms with E-state index in [1.54, 1.807) is 36.8 Å². The zero-order valence-corrected chi connectivity index (χ0v) is 50.8. The minimum Gasteiger partial charge on any atom is -0.497 e. The van der Waals surface area contributed by atoms with Gasteiger partial charge in [-0.1, -0.05) is 181 Å². The van der Waals surface area contributed by atoms with E-state index in [1.165, 1.54) is 58.0 Å². The quantitative estimate of drug-likeness (QED) is 0.0131. The average molecular weight is 1280 g/mol. The summed E-state index contributed by atoms with van der Waals surface area (Å²) in [6.07, 6.45) is -3.39. The number of carboxylic acid groups (broad SMARTS) is 1. The Morgan fingerprint density at radius 2 is 1.38 bits per heavy atom. The smallest absolute Gasteiger partial charge is 0.490 e. The first-order chi connectivity index (χ1) is 43.0. The van der Waals surface area contributed by atoms with Crippen LogP contribution in [0.4, 0.5) is 18.3 Å². The molecule has 0 aliphatic carbocycles. The Hall–Kier alpha value is -9.43. The number of hydrogen-bond donors (Lipinski definition) is 4. The Morgan fingerprint density at radius 1 is 0.820 bits per heavy atom. The summed E-state index contributed by atoms with van der Waals surface area (Å²) in [5.74, 6) is -4.18. The average Bonchev–Trinajstić information content (AvgIpc) is 0.936. The van der Waals surface area contributed by atoms with Gasteiger partial charge in [0, 0.05) is 36.3 Å². The number of thioether (sulfide) groups is 2. The molecule has 6 aromatic carbocycles. The molecule has 18 nitrogen and oxygen atoms in total. The molecule has 1 unspecified atom stereocenters. The number of hydrazine groups is 1. The molecule has 0 saturated carbocycles. The summed E-state index contributed by atoms with van der Waals surface area (Å²) in [5, 5.41) is 22.2. The van der Waals surface area contributed by atoms with Gasteiger partial charge in [-0.05, 0) is 58.0 Å². The van der Waals surface area contributed by atoms with Crippen molar-refractivity contribution < 1.29 is 61.3 Å². The second kappa shape index (κ2) is 28.2. The molecule has 89 heavy (non-hydrogen) atoms. The molecule has 1 fully saturated rings. The predicted molar refractivity (Wildman–Crippen MR) is 333 cm³/mol. The number of aromatic nitrogens is 2. The monoisotopic (exact) mass is 1280 g/mol. The van der Waals surface area contributed by atoms with E-state index in [0.29, 0.717) is 28.0 Å². The van der Waals surface area contributed by atoms with E-state index in [9.17, 15) is 32.3 Å². The Morgan fingerprint density at radius 3 is 1.93 bits per heavy atom. The number of carbonyl (C=O) groups is 5. The number of alkyl halides is 3. The summed E-state index contributed by atoms with van der Waals surface area (Å²) in [6.45, 7) is 1.42. The standard InChI is InChI=1S/C62H54N8O8S4.C2HF3O2/c1-39(58(73)77-54(41-19-9-4-10-20-41)42-21-11-5-12-22-42)78-68-51(49-38-80-60(64-49)67-62(44-23-13-6-14-24-44,45-25-15-7-16-26-45)46-27-17-8-18-28-46)55(71)66-52-56(72)70-53(59(74)76-35-40-29-31-47(75-3)32-30-40)43(36-79-57(52)70)37-81-61-65-48-34-69(2)63-33-50(48)82-61;3-2(4,5)1(6)7/h4-34,38-39,52,54,57,63H,35-37H2,1-3H3,(H,64,67)(H,66,71);(H,6,7)/b68-51-;/t39-,52?,57-;/m0./s1. The second-order valence-corrected chi connectivity index (χ2v) is 24.1. The van der Waals surface area contributed by atoms with Crippen molar-refractivity contribution in [3.8, 4) is 5.75 Å². The van der Waals surface area contributed by atoms with Crippen LogP contribution in [0.5, 0.6) is 5.75 Å². The topological polar surface area (TPSA) is 223 Å². The summed E-state index contributed by atoms with van der Waals surface area (Å²) in [7, 11) is 3.46. The van der Waals surface area contributed by atoms with Gasteiger partial charge in [-0.15, -0.1) is 34.4 Å². The number of hydrogen-bond acceptors (Lipinski definition) is 19. The number of nitrogens with one attached hydrogen (secondary N) is 3. The van der Waals surface area contributed by atoms with Crippen LogP contribution in [0.1, 0.15) is 52.1 Å². The van der Waals surface area contributed by atoms with Gasteiger partial charge >= 0.3 is 24.1 Å². The number of nitrogens with zero attached hydrogens (tertiary/aromatic N) is 5. The molecular weight excluding hydrogens is 1230 g/mol. The number of fused-ring (bicyclic) bond motifs is 2. The van der Waals surface area contributed by atoms with Gasteiger partial charge in [-0.25, -0.2) is 24.4 Å². The van der Waals surface area contributed by atoms with Crippen molar-refractivity contribution >= 4 is 99.2 Å². The largest absolute Gasteiger partial charge is 0.497 e. The fourth-order valence-electron chi connectivity index (χ4n) is 9.60. The minimum absolute atomic E-state index is 0.0588.